The number of pyridine rings is 1. The van der Waals surface area contributed by atoms with Gasteiger partial charge in [-0.15, -0.1) is 0 Å². The summed E-state index contributed by atoms with van der Waals surface area (Å²) in [4.78, 5) is 20.9. The number of amides is 1. The lowest BCUT2D eigenvalue weighted by molar-refractivity contribution is 0.199. The highest BCUT2D eigenvalue weighted by molar-refractivity contribution is 8.29. The Hall–Kier alpha value is -1.69. The first kappa shape index (κ1) is 25.9. The largest absolute Gasteiger partial charge is 0.465 e. The van der Waals surface area contributed by atoms with Crippen LogP contribution in [-0.2, 0) is 5.54 Å². The Labute approximate surface area is 198 Å². The molecule has 1 aromatic rings. The summed E-state index contributed by atoms with van der Waals surface area (Å²) in [6.45, 7) is 12.2. The van der Waals surface area contributed by atoms with Crippen LogP contribution in [0.5, 0.6) is 0 Å². The van der Waals surface area contributed by atoms with E-state index in [9.17, 15) is 14.5 Å². The average molecular weight is 500 g/mol. The molecule has 0 aromatic carbocycles. The summed E-state index contributed by atoms with van der Waals surface area (Å²) in [6, 6.07) is 4.30. The van der Waals surface area contributed by atoms with Crippen LogP contribution >= 0.6 is 10.5 Å². The number of halogens is 1. The molecular weight excluding hydrogens is 461 g/mol. The molecule has 3 atom stereocenters. The van der Waals surface area contributed by atoms with Gasteiger partial charge in [0, 0.05) is 6.54 Å². The van der Waals surface area contributed by atoms with Crippen molar-refractivity contribution in [1.29, 1.82) is 0 Å². The molecular formula is C22H38FN5O3SSi. The van der Waals surface area contributed by atoms with E-state index in [1.54, 1.807) is 26.8 Å². The van der Waals surface area contributed by atoms with E-state index < -0.39 is 46.0 Å². The molecule has 186 valence electrons. The maximum atomic E-state index is 16.4. The van der Waals surface area contributed by atoms with Crippen molar-refractivity contribution in [2.45, 2.75) is 88.1 Å². The van der Waals surface area contributed by atoms with Crippen molar-refractivity contribution in [2.75, 3.05) is 12.3 Å². The predicted molar refractivity (Wildman–Crippen MR) is 137 cm³/mol. The van der Waals surface area contributed by atoms with Gasteiger partial charge in [-0.2, -0.15) is 0 Å². The quantitative estimate of drug-likeness (QED) is 0.387. The van der Waals surface area contributed by atoms with Crippen LogP contribution in [0.3, 0.4) is 0 Å². The molecule has 0 radical (unpaired) electrons. The number of hydrogen-bond donors (Lipinski definition) is 5. The summed E-state index contributed by atoms with van der Waals surface area (Å²) in [6.07, 6.45) is 0.126. The Morgan fingerprint density at radius 2 is 1.94 bits per heavy atom. The summed E-state index contributed by atoms with van der Waals surface area (Å²) in [5, 5.41) is 12.1. The van der Waals surface area contributed by atoms with Crippen LogP contribution < -0.4 is 21.0 Å². The molecule has 1 aromatic heterocycles. The minimum Gasteiger partial charge on any atom is -0.465 e. The Morgan fingerprint density at radius 3 is 2.48 bits per heavy atom. The molecule has 1 amide bonds. The monoisotopic (exact) mass is 499 g/mol. The third-order valence-corrected chi connectivity index (χ3v) is 17.5. The summed E-state index contributed by atoms with van der Waals surface area (Å²) < 4.78 is 30.7. The fourth-order valence-electron chi connectivity index (χ4n) is 5.60. The number of hydrogen-bond acceptors (Lipinski definition) is 6. The highest BCUT2D eigenvalue weighted by Crippen LogP contribution is 2.66. The lowest BCUT2D eigenvalue weighted by Gasteiger charge is -2.61. The van der Waals surface area contributed by atoms with Gasteiger partial charge in [-0.1, -0.05) is 49.4 Å². The maximum absolute atomic E-state index is 16.4. The topological polar surface area (TPSA) is 133 Å². The van der Waals surface area contributed by atoms with Crippen molar-refractivity contribution in [3.8, 4) is 0 Å². The molecule has 11 heteroatoms. The van der Waals surface area contributed by atoms with E-state index in [0.717, 1.165) is 24.6 Å². The molecule has 6 N–H and O–H groups in total. The van der Waals surface area contributed by atoms with E-state index in [1.807, 2.05) is 0 Å². The first-order valence-corrected chi connectivity index (χ1v) is 16.0. The average Bonchev–Trinajstić information content (AvgIpc) is 2.75. The van der Waals surface area contributed by atoms with Crippen LogP contribution in [0, 0.1) is 5.82 Å². The molecule has 0 aliphatic carbocycles. The number of nitrogen functional groups attached to an aromatic ring is 1. The van der Waals surface area contributed by atoms with Crippen molar-refractivity contribution in [3.05, 3.63) is 17.6 Å². The zero-order valence-electron chi connectivity index (χ0n) is 20.5. The number of aromatic nitrogens is 1. The lowest BCUT2D eigenvalue weighted by Crippen LogP contribution is -2.64. The van der Waals surface area contributed by atoms with Gasteiger partial charge in [0.15, 0.2) is 0 Å². The number of amidine groups is 1. The number of nitrogens with two attached hydrogens (primary N) is 1. The first-order valence-electron chi connectivity index (χ1n) is 11.7. The van der Waals surface area contributed by atoms with Crippen molar-refractivity contribution >= 4 is 41.5 Å². The molecule has 0 saturated carbocycles. The van der Waals surface area contributed by atoms with Crippen molar-refractivity contribution in [1.82, 2.24) is 15.0 Å². The second-order valence-corrected chi connectivity index (χ2v) is 18.1. The van der Waals surface area contributed by atoms with Crippen LogP contribution in [-0.4, -0.2) is 51.2 Å². The normalized spacial score (nSPS) is 31.2. The van der Waals surface area contributed by atoms with Gasteiger partial charge in [0.2, 0.25) is 0 Å². The van der Waals surface area contributed by atoms with Crippen molar-refractivity contribution < 1.29 is 18.8 Å². The van der Waals surface area contributed by atoms with Crippen molar-refractivity contribution in [2.24, 2.45) is 4.99 Å². The molecule has 8 nitrogen and oxygen atoms in total. The molecule has 2 aliphatic heterocycles. The molecule has 33 heavy (non-hydrogen) atoms. The van der Waals surface area contributed by atoms with Gasteiger partial charge in [-0.3, -0.25) is 15.0 Å². The minimum absolute atomic E-state index is 0.101. The number of anilines is 1. The van der Waals surface area contributed by atoms with Crippen LogP contribution in [0.15, 0.2) is 11.1 Å². The molecule has 3 rings (SSSR count). The van der Waals surface area contributed by atoms with E-state index in [2.05, 4.69) is 35.8 Å². The smallest absolute Gasteiger partial charge is 0.410 e. The van der Waals surface area contributed by atoms with Gasteiger partial charge in [0.1, 0.15) is 28.7 Å². The minimum atomic E-state index is -2.65. The van der Waals surface area contributed by atoms with Crippen LogP contribution in [0.25, 0.3) is 0 Å². The summed E-state index contributed by atoms with van der Waals surface area (Å²) in [5.41, 5.74) is 5.06. The number of aliphatic imine (C=N–C) groups is 1. The van der Waals surface area contributed by atoms with Crippen molar-refractivity contribution in [3.63, 3.8) is 0 Å². The highest BCUT2D eigenvalue weighted by Gasteiger charge is 2.61. The number of carbonyl (C=O) groups is 1. The first-order chi connectivity index (χ1) is 15.3. The van der Waals surface area contributed by atoms with Gasteiger partial charge < -0.3 is 15.4 Å². The zero-order chi connectivity index (χ0) is 24.8. The third-order valence-electron chi connectivity index (χ3n) is 7.98. The van der Waals surface area contributed by atoms with E-state index in [4.69, 9.17) is 10.7 Å². The SMILES string of the molecule is CC[Si](CC)(CC)c1cc(N)nc([C@@]2(C)N=C(NC(=O)O)C(C)(C)S3(O)NCCC[C@@H]23)c1F. The summed E-state index contributed by atoms with van der Waals surface area (Å²) >= 11 is 0. The third kappa shape index (κ3) is 3.86. The zero-order valence-corrected chi connectivity index (χ0v) is 22.3. The second kappa shape index (κ2) is 8.83. The van der Waals surface area contributed by atoms with Gasteiger partial charge in [-0.05, 0) is 44.9 Å². The van der Waals surface area contributed by atoms with Crippen LogP contribution in [0.4, 0.5) is 15.0 Å². The highest BCUT2D eigenvalue weighted by atomic mass is 32.3. The Morgan fingerprint density at radius 1 is 1.33 bits per heavy atom. The van der Waals surface area contributed by atoms with E-state index >= 15 is 4.39 Å². The maximum Gasteiger partial charge on any atom is 0.410 e. The molecule has 1 saturated heterocycles. The number of nitrogens with zero attached hydrogens (tertiary/aromatic N) is 2. The van der Waals surface area contributed by atoms with Crippen LogP contribution in [0.2, 0.25) is 18.1 Å². The Bertz CT molecular complexity index is 965. The van der Waals surface area contributed by atoms with Gasteiger partial charge in [0.05, 0.1) is 18.1 Å². The lowest BCUT2D eigenvalue weighted by atomic mass is 9.88. The Balaban J connectivity index is 2.35. The number of carboxylic acid groups (broad SMARTS) is 1. The fraction of sp³-hybridized carbons (Fsp3) is 0.682. The molecule has 0 spiro atoms. The number of rotatable bonds is 5. The molecule has 3 heterocycles. The molecule has 0 bridgehead atoms. The predicted octanol–water partition coefficient (Wildman–Crippen LogP) is 4.14. The number of nitrogens with one attached hydrogen (secondary N) is 2. The summed E-state index contributed by atoms with van der Waals surface area (Å²) in [5.74, 6) is -0.0740. The number of fused-ring (bicyclic) bond motifs is 1. The van der Waals surface area contributed by atoms with Gasteiger partial charge in [-0.25, -0.2) is 14.2 Å². The van der Waals surface area contributed by atoms with E-state index in [-0.39, 0.29) is 17.3 Å². The van der Waals surface area contributed by atoms with Gasteiger partial charge in [0.25, 0.3) is 0 Å². The summed E-state index contributed by atoms with van der Waals surface area (Å²) in [7, 11) is -4.80. The Kier molecular flexibility index (Phi) is 6.93. The standard InChI is InChI=1S/C22H38FN5O3SSi/c1-7-33(8-2,9-3)14-13-16(24)26-18(17(14)23)22(6)15-11-10-12-25-32(15,31)21(4,5)19(28-22)27-20(29)30/h13,15,25,31H,7-12H2,1-6H3,(H2,24,26)(H,27,28)(H,29,30)/t15-,22-/m0/s1. The molecule has 1 fully saturated rings. The second-order valence-electron chi connectivity index (χ2n) is 9.80. The molecule has 2 aliphatic rings. The molecule has 1 unspecified atom stereocenters. The van der Waals surface area contributed by atoms with E-state index in [0.29, 0.717) is 18.2 Å². The van der Waals surface area contributed by atoms with Gasteiger partial charge >= 0.3 is 6.09 Å². The van der Waals surface area contributed by atoms with E-state index in [1.165, 1.54) is 0 Å². The van der Waals surface area contributed by atoms with Crippen LogP contribution in [0.1, 0.15) is 60.1 Å². The fourth-order valence-corrected chi connectivity index (χ4v) is 12.7.